The minimum absolute atomic E-state index is 0.375. The molecule has 5 atom stereocenters. The Labute approximate surface area is 106 Å². The topological polar surface area (TPSA) is 96.2 Å². The van der Waals surface area contributed by atoms with Crippen molar-refractivity contribution in [1.29, 1.82) is 0 Å². The molecule has 1 saturated heterocycles. The number of hydrogen-bond acceptors (Lipinski definition) is 6. The van der Waals surface area contributed by atoms with Gasteiger partial charge in [-0.1, -0.05) is 13.0 Å². The number of carbonyl (C=O) groups excluding carboxylic acids is 1. The van der Waals surface area contributed by atoms with E-state index >= 15 is 0 Å². The fourth-order valence-electron chi connectivity index (χ4n) is 1.67. The second-order valence-corrected chi connectivity index (χ2v) is 4.30. The Balaban J connectivity index is 2.73. The average molecular weight is 260 g/mol. The Morgan fingerprint density at radius 2 is 1.89 bits per heavy atom. The predicted molar refractivity (Wildman–Crippen MR) is 62.5 cm³/mol. The molecule has 0 aromatic rings. The summed E-state index contributed by atoms with van der Waals surface area (Å²) in [5.74, 6) is -0.625. The highest BCUT2D eigenvalue weighted by molar-refractivity contribution is 5.87. The zero-order valence-corrected chi connectivity index (χ0v) is 10.7. The van der Waals surface area contributed by atoms with E-state index in [1.165, 1.54) is 0 Å². The molecule has 104 valence electrons. The Morgan fingerprint density at radius 1 is 1.28 bits per heavy atom. The fourth-order valence-corrected chi connectivity index (χ4v) is 1.67. The van der Waals surface area contributed by atoms with Crippen LogP contribution in [0.5, 0.6) is 0 Å². The monoisotopic (exact) mass is 260 g/mol. The Bertz CT molecular complexity index is 325. The van der Waals surface area contributed by atoms with E-state index < -0.39 is 36.7 Å². The van der Waals surface area contributed by atoms with Crippen LogP contribution >= 0.6 is 0 Å². The van der Waals surface area contributed by atoms with E-state index in [2.05, 4.69) is 0 Å². The lowest BCUT2D eigenvalue weighted by atomic mass is 9.97. The number of hydrogen-bond donors (Lipinski definition) is 3. The van der Waals surface area contributed by atoms with Gasteiger partial charge in [0.25, 0.3) is 0 Å². The molecule has 0 saturated carbocycles. The highest BCUT2D eigenvalue weighted by Crippen LogP contribution is 2.24. The van der Waals surface area contributed by atoms with Crippen LogP contribution in [0.1, 0.15) is 27.2 Å². The van der Waals surface area contributed by atoms with Crippen molar-refractivity contribution in [1.82, 2.24) is 0 Å². The molecule has 1 aliphatic heterocycles. The molecule has 0 spiro atoms. The largest absolute Gasteiger partial charge is 0.429 e. The van der Waals surface area contributed by atoms with Crippen molar-refractivity contribution in [2.45, 2.75) is 57.9 Å². The third-order valence-corrected chi connectivity index (χ3v) is 3.05. The van der Waals surface area contributed by atoms with E-state index in [1.807, 2.05) is 0 Å². The van der Waals surface area contributed by atoms with Gasteiger partial charge in [0.05, 0.1) is 6.10 Å². The third kappa shape index (κ3) is 3.08. The van der Waals surface area contributed by atoms with Crippen molar-refractivity contribution < 1.29 is 29.6 Å². The van der Waals surface area contributed by atoms with Gasteiger partial charge in [-0.15, -0.1) is 0 Å². The van der Waals surface area contributed by atoms with Gasteiger partial charge in [-0.2, -0.15) is 0 Å². The first kappa shape index (κ1) is 15.1. The van der Waals surface area contributed by atoms with Crippen LogP contribution in [0.25, 0.3) is 0 Å². The minimum Gasteiger partial charge on any atom is -0.429 e. The molecule has 6 nitrogen and oxygen atoms in total. The number of allylic oxidation sites excluding steroid dienone is 1. The Hall–Kier alpha value is -0.950. The number of rotatable bonds is 3. The lowest BCUT2D eigenvalue weighted by Gasteiger charge is -2.39. The van der Waals surface area contributed by atoms with Crippen LogP contribution in [0.3, 0.4) is 0 Å². The Kier molecular flexibility index (Phi) is 5.28. The maximum absolute atomic E-state index is 11.5. The van der Waals surface area contributed by atoms with Crippen LogP contribution in [-0.2, 0) is 14.3 Å². The fraction of sp³-hybridized carbons (Fsp3) is 0.750. The molecule has 6 heteroatoms. The van der Waals surface area contributed by atoms with Crippen molar-refractivity contribution in [2.75, 3.05) is 0 Å². The SMILES string of the molecule is CC=C(C)C(=O)OC1OC(CC)C(O)C(O)C1O. The highest BCUT2D eigenvalue weighted by Gasteiger charge is 2.44. The number of aliphatic hydroxyl groups excluding tert-OH is 3. The molecule has 0 aromatic heterocycles. The van der Waals surface area contributed by atoms with E-state index in [-0.39, 0.29) is 0 Å². The summed E-state index contributed by atoms with van der Waals surface area (Å²) in [7, 11) is 0. The molecule has 1 fully saturated rings. The zero-order valence-electron chi connectivity index (χ0n) is 10.7. The predicted octanol–water partition coefficient (Wildman–Crippen LogP) is -0.287. The molecule has 3 N–H and O–H groups in total. The Morgan fingerprint density at radius 3 is 2.39 bits per heavy atom. The normalized spacial score (nSPS) is 37.4. The van der Waals surface area contributed by atoms with E-state index in [4.69, 9.17) is 9.47 Å². The van der Waals surface area contributed by atoms with Gasteiger partial charge in [-0.25, -0.2) is 4.79 Å². The van der Waals surface area contributed by atoms with Crippen molar-refractivity contribution in [2.24, 2.45) is 0 Å². The maximum atomic E-state index is 11.5. The van der Waals surface area contributed by atoms with Crippen molar-refractivity contribution in [3.63, 3.8) is 0 Å². The summed E-state index contributed by atoms with van der Waals surface area (Å²) in [5.41, 5.74) is 0.375. The second-order valence-electron chi connectivity index (χ2n) is 4.30. The number of aliphatic hydroxyl groups is 3. The smallest absolute Gasteiger partial charge is 0.335 e. The molecule has 0 amide bonds. The van der Waals surface area contributed by atoms with E-state index in [0.717, 1.165) is 0 Å². The molecule has 0 aromatic carbocycles. The molecule has 1 heterocycles. The van der Waals surface area contributed by atoms with Gasteiger partial charge < -0.3 is 24.8 Å². The van der Waals surface area contributed by atoms with E-state index in [1.54, 1.807) is 26.8 Å². The quantitative estimate of drug-likeness (QED) is 0.477. The first-order valence-corrected chi connectivity index (χ1v) is 5.95. The van der Waals surface area contributed by atoms with Crippen molar-refractivity contribution >= 4 is 5.97 Å². The molecule has 0 bridgehead atoms. The zero-order chi connectivity index (χ0) is 13.9. The van der Waals surface area contributed by atoms with Gasteiger partial charge in [0.15, 0.2) is 0 Å². The lowest BCUT2D eigenvalue weighted by Crippen LogP contribution is -2.58. The summed E-state index contributed by atoms with van der Waals surface area (Å²) in [6, 6.07) is 0. The van der Waals surface area contributed by atoms with Crippen molar-refractivity contribution in [3.8, 4) is 0 Å². The molecular weight excluding hydrogens is 240 g/mol. The average Bonchev–Trinajstić information content (AvgIpc) is 2.38. The first-order valence-electron chi connectivity index (χ1n) is 5.95. The molecule has 5 unspecified atom stereocenters. The minimum atomic E-state index is -1.46. The van der Waals surface area contributed by atoms with Gasteiger partial charge >= 0.3 is 5.97 Å². The third-order valence-electron chi connectivity index (χ3n) is 3.05. The summed E-state index contributed by atoms with van der Waals surface area (Å²) in [5, 5.41) is 29.0. The number of esters is 1. The number of carbonyl (C=O) groups is 1. The molecule has 0 aliphatic carbocycles. The maximum Gasteiger partial charge on any atom is 0.335 e. The van der Waals surface area contributed by atoms with Crippen LogP contribution < -0.4 is 0 Å². The van der Waals surface area contributed by atoms with Crippen LogP contribution in [0, 0.1) is 0 Å². The van der Waals surface area contributed by atoms with Gasteiger partial charge in [-0.05, 0) is 20.3 Å². The summed E-state index contributed by atoms with van der Waals surface area (Å²) < 4.78 is 10.2. The van der Waals surface area contributed by atoms with E-state index in [0.29, 0.717) is 12.0 Å². The summed E-state index contributed by atoms with van der Waals surface area (Å²) in [6.07, 6.45) is -3.99. The molecule has 18 heavy (non-hydrogen) atoms. The molecule has 1 rings (SSSR count). The van der Waals surface area contributed by atoms with E-state index in [9.17, 15) is 20.1 Å². The summed E-state index contributed by atoms with van der Waals surface area (Å²) in [4.78, 5) is 11.5. The number of ether oxygens (including phenoxy) is 2. The standard InChI is InChI=1S/C12H20O6/c1-4-6(3)11(16)18-12-10(15)9(14)8(13)7(5-2)17-12/h4,7-10,12-15H,5H2,1-3H3. The molecular formula is C12H20O6. The van der Waals surface area contributed by atoms with Gasteiger partial charge in [0.1, 0.15) is 18.3 Å². The van der Waals surface area contributed by atoms with Gasteiger partial charge in [0.2, 0.25) is 6.29 Å². The van der Waals surface area contributed by atoms with Crippen LogP contribution in [0.15, 0.2) is 11.6 Å². The van der Waals surface area contributed by atoms with Crippen LogP contribution in [-0.4, -0.2) is 52.0 Å². The van der Waals surface area contributed by atoms with Crippen molar-refractivity contribution in [3.05, 3.63) is 11.6 Å². The van der Waals surface area contributed by atoms with Crippen LogP contribution in [0.4, 0.5) is 0 Å². The highest BCUT2D eigenvalue weighted by atomic mass is 16.7. The first-order chi connectivity index (χ1) is 8.42. The summed E-state index contributed by atoms with van der Waals surface area (Å²) in [6.45, 7) is 5.01. The van der Waals surface area contributed by atoms with Gasteiger partial charge in [0, 0.05) is 5.57 Å². The molecule has 0 radical (unpaired) electrons. The summed E-state index contributed by atoms with van der Waals surface area (Å²) >= 11 is 0. The van der Waals surface area contributed by atoms with Gasteiger partial charge in [-0.3, -0.25) is 0 Å². The second kappa shape index (κ2) is 6.29. The van der Waals surface area contributed by atoms with Crippen LogP contribution in [0.2, 0.25) is 0 Å². The molecule has 1 aliphatic rings. The lowest BCUT2D eigenvalue weighted by molar-refractivity contribution is -0.287.